The van der Waals surface area contributed by atoms with E-state index in [4.69, 9.17) is 10.5 Å². The molecule has 0 aliphatic heterocycles. The molecule has 102 valence electrons. The molecule has 3 heteroatoms. The first kappa shape index (κ1) is 14.8. The summed E-state index contributed by atoms with van der Waals surface area (Å²) in [5.41, 5.74) is 5.89. The number of halogens is 1. The minimum atomic E-state index is -0.377. The summed E-state index contributed by atoms with van der Waals surface area (Å²) in [5.74, 6) is -0.0758. The highest BCUT2D eigenvalue weighted by molar-refractivity contribution is 5.42. The predicted molar refractivity (Wildman–Crippen MR) is 74.3 cm³/mol. The van der Waals surface area contributed by atoms with Crippen LogP contribution >= 0.6 is 0 Å². The van der Waals surface area contributed by atoms with Gasteiger partial charge in [-0.15, -0.1) is 0 Å². The lowest BCUT2D eigenvalue weighted by Crippen LogP contribution is -2.00. The van der Waals surface area contributed by atoms with Crippen molar-refractivity contribution in [1.82, 2.24) is 0 Å². The molecule has 0 amide bonds. The molecule has 0 unspecified atom stereocenters. The Kier molecular flexibility index (Phi) is 7.23. The van der Waals surface area contributed by atoms with Crippen LogP contribution in [0, 0.1) is 5.82 Å². The van der Waals surface area contributed by atoms with Gasteiger partial charge >= 0.3 is 0 Å². The van der Waals surface area contributed by atoms with E-state index in [1.807, 2.05) is 0 Å². The molecule has 1 aromatic rings. The highest BCUT2D eigenvalue weighted by Gasteiger charge is 2.02. The zero-order valence-electron chi connectivity index (χ0n) is 11.3. The van der Waals surface area contributed by atoms with Gasteiger partial charge in [-0.25, -0.2) is 4.39 Å². The highest BCUT2D eigenvalue weighted by atomic mass is 19.1. The molecule has 0 heterocycles. The smallest absolute Gasteiger partial charge is 0.167 e. The van der Waals surface area contributed by atoms with Crippen molar-refractivity contribution in [2.45, 2.75) is 51.9 Å². The van der Waals surface area contributed by atoms with Crippen molar-refractivity contribution in [1.29, 1.82) is 0 Å². The summed E-state index contributed by atoms with van der Waals surface area (Å²) in [6.45, 7) is 2.80. The molecule has 0 aromatic heterocycles. The maximum absolute atomic E-state index is 13.4. The zero-order valence-corrected chi connectivity index (χ0v) is 11.3. The molecule has 0 atom stereocenters. The molecular weight excluding hydrogens is 229 g/mol. The van der Waals surface area contributed by atoms with Gasteiger partial charge in [0.25, 0.3) is 0 Å². The van der Waals surface area contributed by atoms with E-state index in [9.17, 15) is 4.39 Å². The Morgan fingerprint density at radius 1 is 1.06 bits per heavy atom. The third-order valence-corrected chi connectivity index (χ3v) is 2.96. The van der Waals surface area contributed by atoms with Crippen molar-refractivity contribution in [3.8, 4) is 5.75 Å². The summed E-state index contributed by atoms with van der Waals surface area (Å²) >= 11 is 0. The fourth-order valence-corrected chi connectivity index (χ4v) is 1.88. The van der Waals surface area contributed by atoms with Crippen LogP contribution in [0.3, 0.4) is 0 Å². The average molecular weight is 253 g/mol. The van der Waals surface area contributed by atoms with Crippen molar-refractivity contribution in [3.63, 3.8) is 0 Å². The summed E-state index contributed by atoms with van der Waals surface area (Å²) < 4.78 is 18.7. The van der Waals surface area contributed by atoms with Crippen LogP contribution in [0.1, 0.15) is 51.9 Å². The van der Waals surface area contributed by atoms with Gasteiger partial charge in [0.2, 0.25) is 0 Å². The molecule has 1 aromatic carbocycles. The van der Waals surface area contributed by atoms with E-state index >= 15 is 0 Å². The first-order valence-electron chi connectivity index (χ1n) is 6.92. The SMILES string of the molecule is CCCCCCCCCOc1ccc(N)cc1F. The summed E-state index contributed by atoms with van der Waals surface area (Å²) in [4.78, 5) is 0. The lowest BCUT2D eigenvalue weighted by atomic mass is 10.1. The summed E-state index contributed by atoms with van der Waals surface area (Å²) in [7, 11) is 0. The van der Waals surface area contributed by atoms with Gasteiger partial charge in [0.1, 0.15) is 0 Å². The van der Waals surface area contributed by atoms with Gasteiger partial charge in [0.05, 0.1) is 6.61 Å². The monoisotopic (exact) mass is 253 g/mol. The molecule has 2 nitrogen and oxygen atoms in total. The van der Waals surface area contributed by atoms with E-state index < -0.39 is 0 Å². The number of unbranched alkanes of at least 4 members (excludes halogenated alkanes) is 6. The normalized spacial score (nSPS) is 10.6. The van der Waals surface area contributed by atoms with Crippen LogP contribution in [-0.4, -0.2) is 6.61 Å². The summed E-state index contributed by atoms with van der Waals surface area (Å²) in [5, 5.41) is 0. The van der Waals surface area contributed by atoms with Crippen LogP contribution in [-0.2, 0) is 0 Å². The average Bonchev–Trinajstić information content (AvgIpc) is 2.35. The van der Waals surface area contributed by atoms with Gasteiger partial charge in [0, 0.05) is 11.8 Å². The van der Waals surface area contributed by atoms with Crippen LogP contribution in [0.5, 0.6) is 5.75 Å². The second-order valence-electron chi connectivity index (χ2n) is 4.66. The maximum atomic E-state index is 13.4. The Balaban J connectivity index is 2.07. The summed E-state index contributed by atoms with van der Waals surface area (Å²) in [6, 6.07) is 4.54. The molecule has 0 spiro atoms. The molecule has 0 bridgehead atoms. The van der Waals surface area contributed by atoms with Crippen molar-refractivity contribution >= 4 is 5.69 Å². The first-order valence-corrected chi connectivity index (χ1v) is 6.92. The molecule has 1 rings (SSSR count). The number of hydrogen-bond donors (Lipinski definition) is 1. The highest BCUT2D eigenvalue weighted by Crippen LogP contribution is 2.19. The Morgan fingerprint density at radius 3 is 2.39 bits per heavy atom. The third kappa shape index (κ3) is 5.89. The molecule has 2 N–H and O–H groups in total. The number of anilines is 1. The summed E-state index contributed by atoms with van der Waals surface area (Å²) in [6.07, 6.45) is 8.60. The van der Waals surface area contributed by atoms with E-state index in [-0.39, 0.29) is 5.82 Å². The fraction of sp³-hybridized carbons (Fsp3) is 0.600. The molecule has 0 aliphatic carbocycles. The Bertz CT molecular complexity index is 341. The minimum Gasteiger partial charge on any atom is -0.491 e. The van der Waals surface area contributed by atoms with Crippen LogP contribution in [0.25, 0.3) is 0 Å². The second-order valence-corrected chi connectivity index (χ2v) is 4.66. The van der Waals surface area contributed by atoms with Crippen molar-refractivity contribution in [2.75, 3.05) is 12.3 Å². The van der Waals surface area contributed by atoms with E-state index in [1.54, 1.807) is 12.1 Å². The second kappa shape index (κ2) is 8.78. The Labute approximate surface area is 109 Å². The van der Waals surface area contributed by atoms with Crippen LogP contribution in [0.2, 0.25) is 0 Å². The number of ether oxygens (including phenoxy) is 1. The number of hydrogen-bond acceptors (Lipinski definition) is 2. The third-order valence-electron chi connectivity index (χ3n) is 2.96. The fourth-order valence-electron chi connectivity index (χ4n) is 1.88. The number of rotatable bonds is 9. The quantitative estimate of drug-likeness (QED) is 0.518. The van der Waals surface area contributed by atoms with Gasteiger partial charge < -0.3 is 10.5 Å². The van der Waals surface area contributed by atoms with Gasteiger partial charge in [-0.1, -0.05) is 45.4 Å². The maximum Gasteiger partial charge on any atom is 0.167 e. The lowest BCUT2D eigenvalue weighted by molar-refractivity contribution is 0.290. The molecule has 0 radical (unpaired) electrons. The van der Waals surface area contributed by atoms with Crippen molar-refractivity contribution < 1.29 is 9.13 Å². The van der Waals surface area contributed by atoms with Crippen LogP contribution in [0.4, 0.5) is 10.1 Å². The predicted octanol–water partition coefficient (Wildman–Crippen LogP) is 4.54. The van der Waals surface area contributed by atoms with Crippen molar-refractivity contribution in [3.05, 3.63) is 24.0 Å². The minimum absolute atomic E-state index is 0.301. The molecule has 0 saturated carbocycles. The first-order chi connectivity index (χ1) is 8.74. The van der Waals surface area contributed by atoms with Crippen LogP contribution < -0.4 is 10.5 Å². The number of nitrogen functional groups attached to an aromatic ring is 1. The van der Waals surface area contributed by atoms with Gasteiger partial charge in [0.15, 0.2) is 11.6 Å². The number of nitrogens with two attached hydrogens (primary N) is 1. The van der Waals surface area contributed by atoms with E-state index in [0.717, 1.165) is 12.8 Å². The van der Waals surface area contributed by atoms with E-state index in [0.29, 0.717) is 18.0 Å². The van der Waals surface area contributed by atoms with Gasteiger partial charge in [-0.3, -0.25) is 0 Å². The van der Waals surface area contributed by atoms with E-state index in [1.165, 1.54) is 38.2 Å². The Hall–Kier alpha value is -1.25. The molecular formula is C15H24FNO. The standard InChI is InChI=1S/C15H24FNO/c1-2-3-4-5-6-7-8-11-18-15-10-9-13(17)12-14(15)16/h9-10,12H,2-8,11,17H2,1H3. The molecule has 0 aliphatic rings. The molecule has 18 heavy (non-hydrogen) atoms. The lowest BCUT2D eigenvalue weighted by Gasteiger charge is -2.07. The topological polar surface area (TPSA) is 35.2 Å². The zero-order chi connectivity index (χ0) is 13.2. The van der Waals surface area contributed by atoms with Gasteiger partial charge in [-0.2, -0.15) is 0 Å². The van der Waals surface area contributed by atoms with Crippen LogP contribution in [0.15, 0.2) is 18.2 Å². The molecule has 0 fully saturated rings. The van der Waals surface area contributed by atoms with E-state index in [2.05, 4.69) is 6.92 Å². The molecule has 0 saturated heterocycles. The van der Waals surface area contributed by atoms with Crippen molar-refractivity contribution in [2.24, 2.45) is 0 Å². The van der Waals surface area contributed by atoms with Gasteiger partial charge in [-0.05, 0) is 18.6 Å². The number of benzene rings is 1. The Morgan fingerprint density at radius 2 is 1.72 bits per heavy atom. The largest absolute Gasteiger partial charge is 0.491 e.